The highest BCUT2D eigenvalue weighted by Crippen LogP contribution is 2.33. The van der Waals surface area contributed by atoms with Crippen molar-refractivity contribution in [3.05, 3.63) is 58.7 Å². The van der Waals surface area contributed by atoms with Gasteiger partial charge in [0, 0.05) is 11.9 Å². The molecule has 0 spiro atoms. The lowest BCUT2D eigenvalue weighted by molar-refractivity contribution is -0.134. The number of nitrogens with zero attached hydrogens (tertiary/aromatic N) is 3. The van der Waals surface area contributed by atoms with Crippen LogP contribution in [0.25, 0.3) is 21.0 Å². The van der Waals surface area contributed by atoms with Crippen LogP contribution in [0.1, 0.15) is 36.9 Å². The Morgan fingerprint density at radius 2 is 2.07 bits per heavy atom. The van der Waals surface area contributed by atoms with Gasteiger partial charge in [-0.25, -0.2) is 9.97 Å². The molecule has 0 N–H and O–H groups in total. The standard InChI is InChI=1S/C21H19N3O2S2/c25-19(12-14-13-28-21(22-14)18-9-5-11-27-18)24-10-4-3-7-16(24)20-23-15-6-1-2-8-17(15)26-20/h1-2,5-6,8-9,11,13,16H,3-4,7,10,12H2. The molecule has 3 aromatic heterocycles. The normalized spacial score (nSPS) is 17.3. The Balaban J connectivity index is 1.36. The van der Waals surface area contributed by atoms with Crippen LogP contribution in [0, 0.1) is 0 Å². The van der Waals surface area contributed by atoms with Crippen molar-refractivity contribution in [2.45, 2.75) is 31.7 Å². The molecule has 1 amide bonds. The first kappa shape index (κ1) is 17.6. The minimum absolute atomic E-state index is 0.0926. The lowest BCUT2D eigenvalue weighted by Crippen LogP contribution is -2.39. The van der Waals surface area contributed by atoms with E-state index in [-0.39, 0.29) is 11.9 Å². The Morgan fingerprint density at radius 1 is 1.14 bits per heavy atom. The Hall–Kier alpha value is -2.51. The van der Waals surface area contributed by atoms with E-state index < -0.39 is 0 Å². The number of hydrogen-bond acceptors (Lipinski definition) is 6. The van der Waals surface area contributed by atoms with E-state index in [1.54, 1.807) is 22.7 Å². The van der Waals surface area contributed by atoms with Gasteiger partial charge in [0.2, 0.25) is 11.8 Å². The lowest BCUT2D eigenvalue weighted by atomic mass is 10.0. The Bertz CT molecular complexity index is 1070. The number of para-hydroxylation sites is 2. The van der Waals surface area contributed by atoms with Gasteiger partial charge in [0.25, 0.3) is 0 Å². The van der Waals surface area contributed by atoms with Gasteiger partial charge < -0.3 is 9.32 Å². The molecule has 1 fully saturated rings. The third kappa shape index (κ3) is 3.36. The van der Waals surface area contributed by atoms with Crippen molar-refractivity contribution in [1.29, 1.82) is 0 Å². The molecule has 4 heterocycles. The summed E-state index contributed by atoms with van der Waals surface area (Å²) in [6, 6.07) is 11.7. The van der Waals surface area contributed by atoms with E-state index in [9.17, 15) is 4.79 Å². The molecule has 1 aromatic carbocycles. The van der Waals surface area contributed by atoms with Crippen molar-refractivity contribution in [2.75, 3.05) is 6.54 Å². The van der Waals surface area contributed by atoms with Crippen LogP contribution in [0.2, 0.25) is 0 Å². The van der Waals surface area contributed by atoms with Crippen LogP contribution >= 0.6 is 22.7 Å². The first-order valence-corrected chi connectivity index (χ1v) is 11.2. The summed E-state index contributed by atoms with van der Waals surface area (Å²) >= 11 is 3.26. The summed E-state index contributed by atoms with van der Waals surface area (Å²) in [5.74, 6) is 0.738. The van der Waals surface area contributed by atoms with Gasteiger partial charge in [0.05, 0.1) is 17.0 Å². The molecule has 5 nitrogen and oxygen atoms in total. The maximum absolute atomic E-state index is 13.1. The molecular weight excluding hydrogens is 390 g/mol. The highest BCUT2D eigenvalue weighted by atomic mass is 32.1. The summed E-state index contributed by atoms with van der Waals surface area (Å²) in [6.07, 6.45) is 3.29. The predicted molar refractivity (Wildman–Crippen MR) is 111 cm³/mol. The average molecular weight is 410 g/mol. The second-order valence-electron chi connectivity index (χ2n) is 6.92. The number of hydrogen-bond donors (Lipinski definition) is 0. The van der Waals surface area contributed by atoms with Crippen molar-refractivity contribution >= 4 is 39.7 Å². The number of rotatable bonds is 4. The Kier molecular flexibility index (Phi) is 4.70. The fourth-order valence-corrected chi connectivity index (χ4v) is 5.31. The first-order valence-electron chi connectivity index (χ1n) is 9.41. The lowest BCUT2D eigenvalue weighted by Gasteiger charge is -2.33. The van der Waals surface area contributed by atoms with Crippen LogP contribution in [0.5, 0.6) is 0 Å². The molecule has 5 rings (SSSR count). The number of carbonyl (C=O) groups is 1. The first-order chi connectivity index (χ1) is 13.8. The molecule has 0 aliphatic carbocycles. The maximum Gasteiger partial charge on any atom is 0.229 e. The number of piperidine rings is 1. The minimum Gasteiger partial charge on any atom is -0.438 e. The molecule has 28 heavy (non-hydrogen) atoms. The summed E-state index contributed by atoms with van der Waals surface area (Å²) in [5.41, 5.74) is 2.45. The van der Waals surface area contributed by atoms with Crippen LogP contribution < -0.4 is 0 Å². The maximum atomic E-state index is 13.1. The second kappa shape index (κ2) is 7.48. The van der Waals surface area contributed by atoms with Crippen LogP contribution in [0.15, 0.2) is 51.6 Å². The molecule has 1 saturated heterocycles. The molecular formula is C21H19N3O2S2. The van der Waals surface area contributed by atoms with Gasteiger partial charge in [0.1, 0.15) is 16.6 Å². The quantitative estimate of drug-likeness (QED) is 0.458. The number of oxazole rings is 1. The van der Waals surface area contributed by atoms with Gasteiger partial charge in [-0.3, -0.25) is 4.79 Å². The minimum atomic E-state index is -0.0935. The molecule has 0 saturated carbocycles. The monoisotopic (exact) mass is 409 g/mol. The third-order valence-corrected chi connectivity index (χ3v) is 6.96. The summed E-state index contributed by atoms with van der Waals surface area (Å²) in [7, 11) is 0. The van der Waals surface area contributed by atoms with Gasteiger partial charge in [0.15, 0.2) is 5.58 Å². The van der Waals surface area contributed by atoms with E-state index in [1.165, 1.54) is 0 Å². The van der Waals surface area contributed by atoms with E-state index in [0.29, 0.717) is 12.3 Å². The van der Waals surface area contributed by atoms with Crippen LogP contribution in [0.4, 0.5) is 0 Å². The number of carbonyl (C=O) groups excluding carboxylic acids is 1. The van der Waals surface area contributed by atoms with Gasteiger partial charge >= 0.3 is 0 Å². The molecule has 1 atom stereocenters. The van der Waals surface area contributed by atoms with E-state index in [2.05, 4.69) is 16.0 Å². The zero-order valence-corrected chi connectivity index (χ0v) is 16.8. The highest BCUT2D eigenvalue weighted by Gasteiger charge is 2.31. The topological polar surface area (TPSA) is 59.2 Å². The number of fused-ring (bicyclic) bond motifs is 1. The summed E-state index contributed by atoms with van der Waals surface area (Å²) < 4.78 is 5.97. The Morgan fingerprint density at radius 3 is 2.93 bits per heavy atom. The fourth-order valence-electron chi connectivity index (χ4n) is 3.68. The molecule has 0 bridgehead atoms. The van der Waals surface area contributed by atoms with E-state index in [4.69, 9.17) is 4.42 Å². The van der Waals surface area contributed by atoms with Crippen molar-refractivity contribution in [3.8, 4) is 9.88 Å². The molecule has 7 heteroatoms. The van der Waals surface area contributed by atoms with E-state index >= 15 is 0 Å². The third-order valence-electron chi connectivity index (χ3n) is 5.03. The van der Waals surface area contributed by atoms with Crippen LogP contribution in [0.3, 0.4) is 0 Å². The number of benzene rings is 1. The SMILES string of the molecule is O=C(Cc1csc(-c2cccs2)n1)N1CCCCC1c1nc2ccccc2o1. The summed E-state index contributed by atoms with van der Waals surface area (Å²) in [5, 5.41) is 5.01. The molecule has 1 aliphatic rings. The van der Waals surface area contributed by atoms with Crippen molar-refractivity contribution in [2.24, 2.45) is 0 Å². The fraction of sp³-hybridized carbons (Fsp3) is 0.286. The van der Waals surface area contributed by atoms with Gasteiger partial charge in [-0.1, -0.05) is 18.2 Å². The van der Waals surface area contributed by atoms with Gasteiger partial charge in [-0.15, -0.1) is 22.7 Å². The zero-order chi connectivity index (χ0) is 18.9. The number of thiophene rings is 1. The molecule has 4 aromatic rings. The average Bonchev–Trinajstić information content (AvgIpc) is 3.47. The van der Waals surface area contributed by atoms with Gasteiger partial charge in [-0.2, -0.15) is 0 Å². The predicted octanol–water partition coefficient (Wildman–Crippen LogP) is 5.31. The number of likely N-dealkylation sites (tertiary alicyclic amines) is 1. The molecule has 142 valence electrons. The highest BCUT2D eigenvalue weighted by molar-refractivity contribution is 7.20. The summed E-state index contributed by atoms with van der Waals surface area (Å²) in [4.78, 5) is 25.5. The molecule has 1 aliphatic heterocycles. The molecule has 1 unspecified atom stereocenters. The van der Waals surface area contributed by atoms with Crippen molar-refractivity contribution < 1.29 is 9.21 Å². The Labute approximate surface area is 170 Å². The largest absolute Gasteiger partial charge is 0.438 e. The van der Waals surface area contributed by atoms with Gasteiger partial charge in [-0.05, 0) is 42.8 Å². The smallest absolute Gasteiger partial charge is 0.229 e. The van der Waals surface area contributed by atoms with Crippen molar-refractivity contribution in [1.82, 2.24) is 14.9 Å². The second-order valence-corrected chi connectivity index (χ2v) is 8.72. The number of amides is 1. The van der Waals surface area contributed by atoms with Crippen molar-refractivity contribution in [3.63, 3.8) is 0 Å². The summed E-state index contributed by atoms with van der Waals surface area (Å²) in [6.45, 7) is 0.740. The number of aromatic nitrogens is 2. The molecule has 0 radical (unpaired) electrons. The zero-order valence-electron chi connectivity index (χ0n) is 15.2. The van der Waals surface area contributed by atoms with Crippen LogP contribution in [-0.2, 0) is 11.2 Å². The number of thiazole rings is 1. The van der Waals surface area contributed by atoms with E-state index in [0.717, 1.165) is 52.5 Å². The van der Waals surface area contributed by atoms with Crippen LogP contribution in [-0.4, -0.2) is 27.3 Å². The van der Waals surface area contributed by atoms with E-state index in [1.807, 2.05) is 46.0 Å².